The first kappa shape index (κ1) is 25.4. The molecule has 0 bridgehead atoms. The lowest BCUT2D eigenvalue weighted by molar-refractivity contribution is -0.143. The standard InChI is InChI=1S/C22H17Cl2F6N3O2/c23-16-2-1-15(10-17(16)24)33-11-31-19(35)20(33)3-5-32(6-4-20)18(34)12-7-13(21(25,26)27)9-14(8-12)22(28,29)30/h1-2,7-10H,3-6,11H2,(H,31,35). The van der Waals surface area contributed by atoms with Crippen molar-refractivity contribution in [1.29, 1.82) is 0 Å². The van der Waals surface area contributed by atoms with Crippen molar-refractivity contribution >= 4 is 40.7 Å². The Morgan fingerprint density at radius 2 is 1.46 bits per heavy atom. The zero-order chi connectivity index (χ0) is 25.8. The van der Waals surface area contributed by atoms with Gasteiger partial charge in [-0.1, -0.05) is 23.2 Å². The molecule has 0 saturated carbocycles. The summed E-state index contributed by atoms with van der Waals surface area (Å²) in [5.74, 6) is -1.27. The average molecular weight is 540 g/mol. The van der Waals surface area contributed by atoms with Crippen molar-refractivity contribution in [2.24, 2.45) is 0 Å². The lowest BCUT2D eigenvalue weighted by Gasteiger charge is -2.43. The summed E-state index contributed by atoms with van der Waals surface area (Å²) < 4.78 is 79.1. The Hall–Kier alpha value is -2.66. The van der Waals surface area contributed by atoms with Crippen LogP contribution in [0.25, 0.3) is 0 Å². The minimum absolute atomic E-state index is 0.0278. The van der Waals surface area contributed by atoms with Crippen molar-refractivity contribution in [3.05, 3.63) is 63.1 Å². The van der Waals surface area contributed by atoms with E-state index in [0.29, 0.717) is 22.8 Å². The number of nitrogens with zero attached hydrogens (tertiary/aromatic N) is 2. The highest BCUT2D eigenvalue weighted by Crippen LogP contribution is 2.40. The van der Waals surface area contributed by atoms with Gasteiger partial charge in [0, 0.05) is 24.3 Å². The number of piperidine rings is 1. The van der Waals surface area contributed by atoms with E-state index in [9.17, 15) is 35.9 Å². The lowest BCUT2D eigenvalue weighted by atomic mass is 9.85. The van der Waals surface area contributed by atoms with E-state index in [1.807, 2.05) is 0 Å². The predicted octanol–water partition coefficient (Wildman–Crippen LogP) is 5.60. The molecule has 2 saturated heterocycles. The van der Waals surface area contributed by atoms with Crippen LogP contribution in [0.3, 0.4) is 0 Å². The summed E-state index contributed by atoms with van der Waals surface area (Å²) in [6.45, 7) is 0.0522. The molecule has 35 heavy (non-hydrogen) atoms. The van der Waals surface area contributed by atoms with Gasteiger partial charge < -0.3 is 15.1 Å². The summed E-state index contributed by atoms with van der Waals surface area (Å²) >= 11 is 12.1. The molecule has 2 aromatic rings. The second-order valence-electron chi connectivity index (χ2n) is 8.31. The Morgan fingerprint density at radius 3 is 1.97 bits per heavy atom. The maximum atomic E-state index is 13.2. The second-order valence-corrected chi connectivity index (χ2v) is 9.12. The van der Waals surface area contributed by atoms with E-state index >= 15 is 0 Å². The van der Waals surface area contributed by atoms with Crippen LogP contribution in [0.1, 0.15) is 34.3 Å². The molecule has 0 radical (unpaired) electrons. The summed E-state index contributed by atoms with van der Waals surface area (Å²) in [5, 5.41) is 3.34. The molecule has 2 heterocycles. The molecule has 2 amide bonds. The van der Waals surface area contributed by atoms with E-state index in [2.05, 4.69) is 5.32 Å². The fraction of sp³-hybridized carbons (Fsp3) is 0.364. The number of halogens is 8. The molecule has 4 rings (SSSR count). The number of likely N-dealkylation sites (tertiary alicyclic amines) is 1. The van der Waals surface area contributed by atoms with Crippen molar-refractivity contribution in [2.45, 2.75) is 30.7 Å². The molecule has 2 fully saturated rings. The topological polar surface area (TPSA) is 52.7 Å². The summed E-state index contributed by atoms with van der Waals surface area (Å²) in [5.41, 5.74) is -4.31. The Balaban J connectivity index is 1.59. The van der Waals surface area contributed by atoms with Crippen LogP contribution in [0.2, 0.25) is 10.0 Å². The first-order valence-corrected chi connectivity index (χ1v) is 11.1. The van der Waals surface area contributed by atoms with Crippen LogP contribution < -0.4 is 10.2 Å². The van der Waals surface area contributed by atoms with Gasteiger partial charge in [-0.25, -0.2) is 0 Å². The maximum absolute atomic E-state index is 13.2. The highest BCUT2D eigenvalue weighted by Gasteiger charge is 2.51. The average Bonchev–Trinajstić information content (AvgIpc) is 3.09. The molecular formula is C22H17Cl2F6N3O2. The summed E-state index contributed by atoms with van der Waals surface area (Å²) in [6, 6.07) is 5.62. The molecule has 1 spiro atoms. The smallest absolute Gasteiger partial charge is 0.339 e. The highest BCUT2D eigenvalue weighted by molar-refractivity contribution is 6.42. The number of hydrogen-bond donors (Lipinski definition) is 1. The van der Waals surface area contributed by atoms with Crippen molar-refractivity contribution in [3.63, 3.8) is 0 Å². The molecule has 0 atom stereocenters. The number of carbonyl (C=O) groups is 2. The minimum atomic E-state index is -5.06. The maximum Gasteiger partial charge on any atom is 0.416 e. The Bertz CT molecular complexity index is 1140. The number of carbonyl (C=O) groups excluding carboxylic acids is 2. The second kappa shape index (κ2) is 8.77. The molecular weight excluding hydrogens is 523 g/mol. The third-order valence-corrected chi connectivity index (χ3v) is 7.00. The number of hydrogen-bond acceptors (Lipinski definition) is 3. The summed E-state index contributed by atoms with van der Waals surface area (Å²) in [7, 11) is 0. The number of amides is 2. The Morgan fingerprint density at radius 1 is 0.886 bits per heavy atom. The van der Waals surface area contributed by atoms with Crippen molar-refractivity contribution in [1.82, 2.24) is 10.2 Å². The lowest BCUT2D eigenvalue weighted by Crippen LogP contribution is -2.57. The zero-order valence-corrected chi connectivity index (χ0v) is 19.2. The first-order valence-electron chi connectivity index (χ1n) is 10.3. The molecule has 188 valence electrons. The molecule has 2 aromatic carbocycles. The zero-order valence-electron chi connectivity index (χ0n) is 17.7. The third kappa shape index (κ3) is 4.75. The third-order valence-electron chi connectivity index (χ3n) is 6.26. The number of anilines is 1. The number of rotatable bonds is 2. The van der Waals surface area contributed by atoms with E-state index < -0.39 is 40.5 Å². The van der Waals surface area contributed by atoms with Crippen LogP contribution >= 0.6 is 23.2 Å². The van der Waals surface area contributed by atoms with E-state index in [4.69, 9.17) is 23.2 Å². The summed E-state index contributed by atoms with van der Waals surface area (Å²) in [4.78, 5) is 28.6. The van der Waals surface area contributed by atoms with Gasteiger partial charge in [0.2, 0.25) is 5.91 Å². The van der Waals surface area contributed by atoms with Gasteiger partial charge in [0.05, 0.1) is 27.8 Å². The SMILES string of the molecule is O=C(c1cc(C(F)(F)F)cc(C(F)(F)F)c1)N1CCC2(CC1)C(=O)NCN2c1ccc(Cl)c(Cl)c1. The van der Waals surface area contributed by atoms with Crippen molar-refractivity contribution < 1.29 is 35.9 Å². The summed E-state index contributed by atoms with van der Waals surface area (Å²) in [6.07, 6.45) is -9.92. The van der Waals surface area contributed by atoms with Crippen LogP contribution in [0.15, 0.2) is 36.4 Å². The van der Waals surface area contributed by atoms with Crippen molar-refractivity contribution in [3.8, 4) is 0 Å². The quantitative estimate of drug-likeness (QED) is 0.505. The van der Waals surface area contributed by atoms with E-state index in [1.54, 1.807) is 23.1 Å². The van der Waals surface area contributed by atoms with Gasteiger partial charge >= 0.3 is 12.4 Å². The molecule has 0 unspecified atom stereocenters. The van der Waals surface area contributed by atoms with Gasteiger partial charge in [-0.3, -0.25) is 9.59 Å². The fourth-order valence-electron chi connectivity index (χ4n) is 4.42. The normalized spacial score (nSPS) is 18.2. The van der Waals surface area contributed by atoms with Crippen LogP contribution in [0, 0.1) is 0 Å². The molecule has 5 nitrogen and oxygen atoms in total. The molecule has 13 heteroatoms. The Kier molecular flexibility index (Phi) is 6.38. The molecule has 2 aliphatic rings. The molecule has 1 N–H and O–H groups in total. The van der Waals surface area contributed by atoms with Gasteiger partial charge in [0.1, 0.15) is 5.54 Å². The monoisotopic (exact) mass is 539 g/mol. The number of nitrogens with one attached hydrogen (secondary N) is 1. The van der Waals surface area contributed by atoms with Gasteiger partial charge in [-0.15, -0.1) is 0 Å². The highest BCUT2D eigenvalue weighted by atomic mass is 35.5. The minimum Gasteiger partial charge on any atom is -0.339 e. The number of alkyl halides is 6. The van der Waals surface area contributed by atoms with Crippen LogP contribution in [0.5, 0.6) is 0 Å². The van der Waals surface area contributed by atoms with Crippen LogP contribution in [0.4, 0.5) is 32.0 Å². The van der Waals surface area contributed by atoms with E-state index in [0.717, 1.165) is 4.90 Å². The van der Waals surface area contributed by atoms with Gasteiger partial charge in [0.15, 0.2) is 0 Å². The van der Waals surface area contributed by atoms with Gasteiger partial charge in [0.25, 0.3) is 5.91 Å². The molecule has 0 aromatic heterocycles. The number of benzene rings is 2. The van der Waals surface area contributed by atoms with E-state index in [-0.39, 0.29) is 49.6 Å². The first-order chi connectivity index (χ1) is 16.2. The van der Waals surface area contributed by atoms with Crippen LogP contribution in [-0.2, 0) is 17.1 Å². The van der Waals surface area contributed by atoms with Crippen LogP contribution in [-0.4, -0.2) is 42.0 Å². The van der Waals surface area contributed by atoms with Crippen molar-refractivity contribution in [2.75, 3.05) is 24.7 Å². The fourth-order valence-corrected chi connectivity index (χ4v) is 4.71. The molecule has 0 aliphatic carbocycles. The van der Waals surface area contributed by atoms with Gasteiger partial charge in [-0.05, 0) is 49.2 Å². The predicted molar refractivity (Wildman–Crippen MR) is 116 cm³/mol. The Labute approximate surface area is 205 Å². The van der Waals surface area contributed by atoms with Gasteiger partial charge in [-0.2, -0.15) is 26.3 Å². The van der Waals surface area contributed by atoms with E-state index in [1.165, 1.54) is 0 Å². The molecule has 2 aliphatic heterocycles. The largest absolute Gasteiger partial charge is 0.416 e.